The Bertz CT molecular complexity index is 373. The van der Waals surface area contributed by atoms with Gasteiger partial charge in [0, 0.05) is 6.20 Å². The van der Waals surface area contributed by atoms with Crippen LogP contribution in [0.15, 0.2) is 29.4 Å². The number of aliphatic imine (C=N–C) groups is 1. The van der Waals surface area contributed by atoms with Crippen LogP contribution in [0.1, 0.15) is 19.3 Å². The number of guanidine groups is 1. The molecule has 0 atom stereocenters. The fraction of sp³-hybridized carbons (Fsp3) is 0.455. The second-order valence-corrected chi connectivity index (χ2v) is 4.12. The molecule has 2 rings (SSSR count). The highest BCUT2D eigenvalue weighted by Crippen LogP contribution is 2.31. The van der Waals surface area contributed by atoms with Gasteiger partial charge in [-0.15, -0.1) is 0 Å². The number of hydrogen-bond acceptors (Lipinski definition) is 3. The van der Waals surface area contributed by atoms with Crippen molar-refractivity contribution >= 4 is 11.8 Å². The first-order valence-electron chi connectivity index (χ1n) is 5.38. The number of pyridine rings is 1. The summed E-state index contributed by atoms with van der Waals surface area (Å²) in [6.07, 6.45) is 4.37. The predicted molar refractivity (Wildman–Crippen MR) is 63.1 cm³/mol. The summed E-state index contributed by atoms with van der Waals surface area (Å²) in [4.78, 5) is 8.17. The topological polar surface area (TPSA) is 83.5 Å². The average Bonchev–Trinajstić information content (AvgIpc) is 2.25. The molecule has 0 amide bonds. The van der Waals surface area contributed by atoms with Crippen molar-refractivity contribution < 1.29 is 5.11 Å². The number of nitrogens with two attached hydrogens (primary N) is 1. The zero-order chi connectivity index (χ0) is 11.4. The van der Waals surface area contributed by atoms with E-state index in [2.05, 4.69) is 15.3 Å². The molecular weight excluding hydrogens is 204 g/mol. The van der Waals surface area contributed by atoms with Gasteiger partial charge in [-0.2, -0.15) is 0 Å². The van der Waals surface area contributed by atoms with Crippen LogP contribution in [-0.4, -0.2) is 28.2 Å². The maximum absolute atomic E-state index is 9.82. The molecule has 1 aromatic rings. The lowest BCUT2D eigenvalue weighted by molar-refractivity contribution is -0.0235. The van der Waals surface area contributed by atoms with E-state index in [1.165, 1.54) is 0 Å². The van der Waals surface area contributed by atoms with Crippen LogP contribution in [0.4, 0.5) is 5.82 Å². The molecule has 4 N–H and O–H groups in total. The van der Waals surface area contributed by atoms with Gasteiger partial charge in [-0.1, -0.05) is 6.07 Å². The summed E-state index contributed by atoms with van der Waals surface area (Å²) in [5.74, 6) is 0.948. The molecule has 1 aliphatic carbocycles. The lowest BCUT2D eigenvalue weighted by Crippen LogP contribution is -2.41. The van der Waals surface area contributed by atoms with Crippen LogP contribution in [0.25, 0.3) is 0 Å². The second kappa shape index (κ2) is 4.49. The van der Waals surface area contributed by atoms with Gasteiger partial charge < -0.3 is 16.2 Å². The minimum Gasteiger partial charge on any atom is -0.388 e. The smallest absolute Gasteiger partial charge is 0.194 e. The number of aromatic nitrogens is 1. The largest absolute Gasteiger partial charge is 0.388 e. The van der Waals surface area contributed by atoms with Gasteiger partial charge in [0.25, 0.3) is 0 Å². The highest BCUT2D eigenvalue weighted by molar-refractivity contribution is 5.91. The fourth-order valence-electron chi connectivity index (χ4n) is 1.58. The molecule has 1 fully saturated rings. The van der Waals surface area contributed by atoms with Crippen molar-refractivity contribution in [3.63, 3.8) is 0 Å². The zero-order valence-electron chi connectivity index (χ0n) is 9.06. The molecule has 0 aromatic carbocycles. The first-order valence-corrected chi connectivity index (χ1v) is 5.38. The summed E-state index contributed by atoms with van der Waals surface area (Å²) < 4.78 is 0. The van der Waals surface area contributed by atoms with Gasteiger partial charge in [-0.25, -0.2) is 4.98 Å². The third-order valence-electron chi connectivity index (χ3n) is 2.75. The van der Waals surface area contributed by atoms with Crippen molar-refractivity contribution in [2.45, 2.75) is 24.9 Å². The Balaban J connectivity index is 1.88. The van der Waals surface area contributed by atoms with Crippen molar-refractivity contribution in [2.75, 3.05) is 11.9 Å². The Hall–Kier alpha value is -1.62. The van der Waals surface area contributed by atoms with Crippen molar-refractivity contribution in [1.82, 2.24) is 4.98 Å². The number of aliphatic hydroxyl groups is 1. The summed E-state index contributed by atoms with van der Waals surface area (Å²) >= 11 is 0. The van der Waals surface area contributed by atoms with Gasteiger partial charge in [-0.05, 0) is 31.4 Å². The molecule has 0 aliphatic heterocycles. The molecule has 1 heterocycles. The van der Waals surface area contributed by atoms with Crippen LogP contribution >= 0.6 is 0 Å². The third kappa shape index (κ3) is 2.70. The first kappa shape index (κ1) is 10.9. The van der Waals surface area contributed by atoms with Crippen molar-refractivity contribution in [1.29, 1.82) is 0 Å². The molecule has 5 heteroatoms. The standard InChI is InChI=1S/C11H16N4O/c12-10(14-8-11(16)5-3-6-11)15-9-4-1-2-7-13-9/h1-2,4,7,16H,3,5-6,8H2,(H3,12,13,14,15). The van der Waals surface area contributed by atoms with E-state index in [0.29, 0.717) is 18.3 Å². The Morgan fingerprint density at radius 3 is 2.94 bits per heavy atom. The average molecular weight is 220 g/mol. The lowest BCUT2D eigenvalue weighted by Gasteiger charge is -2.34. The molecule has 1 saturated carbocycles. The van der Waals surface area contributed by atoms with Crippen LogP contribution < -0.4 is 11.1 Å². The highest BCUT2D eigenvalue weighted by atomic mass is 16.3. The van der Waals surface area contributed by atoms with Gasteiger partial charge in [0.05, 0.1) is 12.1 Å². The Morgan fingerprint density at radius 1 is 1.56 bits per heavy atom. The van der Waals surface area contributed by atoms with E-state index in [1.807, 2.05) is 12.1 Å². The van der Waals surface area contributed by atoms with Crippen LogP contribution in [0.3, 0.4) is 0 Å². The molecule has 16 heavy (non-hydrogen) atoms. The zero-order valence-corrected chi connectivity index (χ0v) is 9.06. The number of nitrogens with one attached hydrogen (secondary N) is 1. The quantitative estimate of drug-likeness (QED) is 0.518. The summed E-state index contributed by atoms with van der Waals surface area (Å²) in [6, 6.07) is 5.50. The summed E-state index contributed by atoms with van der Waals surface area (Å²) in [7, 11) is 0. The van der Waals surface area contributed by atoms with E-state index in [9.17, 15) is 5.11 Å². The minimum atomic E-state index is -0.629. The number of anilines is 1. The van der Waals surface area contributed by atoms with Crippen LogP contribution in [0.5, 0.6) is 0 Å². The molecular formula is C11H16N4O. The summed E-state index contributed by atoms with van der Waals surface area (Å²) in [6.45, 7) is 0.360. The monoisotopic (exact) mass is 220 g/mol. The van der Waals surface area contributed by atoms with Crippen molar-refractivity contribution in [3.8, 4) is 0 Å². The number of rotatable bonds is 3. The van der Waals surface area contributed by atoms with Crippen LogP contribution in [0, 0.1) is 0 Å². The van der Waals surface area contributed by atoms with Crippen LogP contribution in [0.2, 0.25) is 0 Å². The highest BCUT2D eigenvalue weighted by Gasteiger charge is 2.33. The molecule has 0 radical (unpaired) electrons. The van der Waals surface area contributed by atoms with Crippen molar-refractivity contribution in [3.05, 3.63) is 24.4 Å². The lowest BCUT2D eigenvalue weighted by atomic mass is 9.80. The van der Waals surface area contributed by atoms with E-state index in [4.69, 9.17) is 5.73 Å². The summed E-state index contributed by atoms with van der Waals surface area (Å²) in [5.41, 5.74) is 5.05. The van der Waals surface area contributed by atoms with Gasteiger partial charge in [0.15, 0.2) is 5.96 Å². The van der Waals surface area contributed by atoms with Gasteiger partial charge >= 0.3 is 0 Å². The van der Waals surface area contributed by atoms with E-state index in [0.717, 1.165) is 19.3 Å². The molecule has 0 bridgehead atoms. The molecule has 86 valence electrons. The molecule has 1 aliphatic rings. The van der Waals surface area contributed by atoms with Crippen molar-refractivity contribution in [2.24, 2.45) is 10.7 Å². The number of nitrogens with zero attached hydrogens (tertiary/aromatic N) is 2. The maximum Gasteiger partial charge on any atom is 0.194 e. The van der Waals surface area contributed by atoms with E-state index < -0.39 is 5.60 Å². The molecule has 0 spiro atoms. The predicted octanol–water partition coefficient (Wildman–Crippen LogP) is 0.723. The molecule has 1 aromatic heterocycles. The van der Waals surface area contributed by atoms with Gasteiger partial charge in [0.1, 0.15) is 5.82 Å². The van der Waals surface area contributed by atoms with E-state index >= 15 is 0 Å². The molecule has 0 unspecified atom stereocenters. The minimum absolute atomic E-state index is 0.291. The summed E-state index contributed by atoms with van der Waals surface area (Å²) in [5, 5.41) is 12.7. The first-order chi connectivity index (χ1) is 7.68. The molecule has 5 nitrogen and oxygen atoms in total. The maximum atomic E-state index is 9.82. The third-order valence-corrected chi connectivity index (χ3v) is 2.75. The van der Waals surface area contributed by atoms with E-state index in [1.54, 1.807) is 12.3 Å². The van der Waals surface area contributed by atoms with Gasteiger partial charge in [0.2, 0.25) is 0 Å². The Labute approximate surface area is 94.4 Å². The van der Waals surface area contributed by atoms with Crippen LogP contribution in [-0.2, 0) is 0 Å². The SMILES string of the molecule is NC(=NCC1(O)CCC1)Nc1ccccn1. The Morgan fingerprint density at radius 2 is 2.38 bits per heavy atom. The second-order valence-electron chi connectivity index (χ2n) is 4.12. The Kier molecular flexibility index (Phi) is 3.05. The molecule has 0 saturated heterocycles. The fourth-order valence-corrected chi connectivity index (χ4v) is 1.58. The number of hydrogen-bond donors (Lipinski definition) is 3. The normalized spacial score (nSPS) is 18.9. The van der Waals surface area contributed by atoms with Gasteiger partial charge in [-0.3, -0.25) is 4.99 Å². The van der Waals surface area contributed by atoms with E-state index in [-0.39, 0.29) is 0 Å².